The van der Waals surface area contributed by atoms with Gasteiger partial charge in [0.05, 0.1) is 25.7 Å². The molecule has 0 saturated carbocycles. The molecule has 0 spiro atoms. The van der Waals surface area contributed by atoms with Gasteiger partial charge in [-0.05, 0) is 56.2 Å². The number of oxime groups is 1. The maximum Gasteiger partial charge on any atom is 0.308 e. The summed E-state index contributed by atoms with van der Waals surface area (Å²) in [5.74, 6) is 1.69. The molecular weight excluding hydrogens is 374 g/mol. The molecule has 29 heavy (non-hydrogen) atoms. The minimum absolute atomic E-state index is 0.137. The van der Waals surface area contributed by atoms with Gasteiger partial charge in [0.15, 0.2) is 5.84 Å². The molecule has 0 radical (unpaired) electrons. The van der Waals surface area contributed by atoms with Gasteiger partial charge in [-0.15, -0.1) is 0 Å². The SMILES string of the molecule is COC(=O)C1CCN(/C(=N\O)c2ccc(C)nc2Oc2ccc(OC)cc2)CC1. The third-order valence-corrected chi connectivity index (χ3v) is 4.94. The molecule has 1 N–H and O–H groups in total. The van der Waals surface area contributed by atoms with Gasteiger partial charge >= 0.3 is 5.97 Å². The summed E-state index contributed by atoms with van der Waals surface area (Å²) < 4.78 is 16.0. The number of pyridine rings is 1. The van der Waals surface area contributed by atoms with E-state index in [1.54, 1.807) is 31.4 Å². The van der Waals surface area contributed by atoms with Crippen molar-refractivity contribution in [1.29, 1.82) is 0 Å². The number of piperidine rings is 1. The lowest BCUT2D eigenvalue weighted by molar-refractivity contribution is -0.146. The Kier molecular flexibility index (Phi) is 6.54. The number of esters is 1. The zero-order valence-electron chi connectivity index (χ0n) is 16.8. The predicted molar refractivity (Wildman–Crippen MR) is 107 cm³/mol. The summed E-state index contributed by atoms with van der Waals surface area (Å²) in [5, 5.41) is 13.3. The summed E-state index contributed by atoms with van der Waals surface area (Å²) in [6.45, 7) is 2.99. The van der Waals surface area contributed by atoms with E-state index in [1.165, 1.54) is 7.11 Å². The van der Waals surface area contributed by atoms with Crippen LogP contribution in [-0.2, 0) is 9.53 Å². The average Bonchev–Trinajstić information content (AvgIpc) is 2.76. The molecule has 0 bridgehead atoms. The minimum atomic E-state index is -0.201. The number of rotatable bonds is 5. The lowest BCUT2D eigenvalue weighted by atomic mass is 9.96. The molecule has 0 unspecified atom stereocenters. The molecule has 1 aromatic heterocycles. The molecule has 2 aromatic rings. The predicted octanol–water partition coefficient (Wildman–Crippen LogP) is 3.21. The molecule has 2 heterocycles. The van der Waals surface area contributed by atoms with Crippen molar-refractivity contribution in [3.8, 4) is 17.4 Å². The van der Waals surface area contributed by atoms with Crippen LogP contribution in [0.2, 0.25) is 0 Å². The van der Waals surface area contributed by atoms with Crippen LogP contribution in [0.25, 0.3) is 0 Å². The van der Waals surface area contributed by atoms with E-state index in [1.807, 2.05) is 24.0 Å². The number of methoxy groups -OCH3 is 2. The first-order valence-electron chi connectivity index (χ1n) is 9.40. The summed E-state index contributed by atoms with van der Waals surface area (Å²) in [5.41, 5.74) is 1.35. The number of aryl methyl sites for hydroxylation is 1. The number of ether oxygens (including phenoxy) is 3. The van der Waals surface area contributed by atoms with Crippen LogP contribution in [0.1, 0.15) is 24.1 Å². The second-order valence-corrected chi connectivity index (χ2v) is 6.79. The highest BCUT2D eigenvalue weighted by Crippen LogP contribution is 2.28. The first-order chi connectivity index (χ1) is 14.0. The maximum absolute atomic E-state index is 11.8. The Hall–Kier alpha value is -3.29. The van der Waals surface area contributed by atoms with Crippen LogP contribution >= 0.6 is 0 Å². The number of nitrogens with zero attached hydrogens (tertiary/aromatic N) is 3. The second kappa shape index (κ2) is 9.27. The van der Waals surface area contributed by atoms with E-state index in [2.05, 4.69) is 10.1 Å². The van der Waals surface area contributed by atoms with E-state index in [0.29, 0.717) is 49.0 Å². The van der Waals surface area contributed by atoms with E-state index in [9.17, 15) is 10.0 Å². The molecule has 1 fully saturated rings. The van der Waals surface area contributed by atoms with Gasteiger partial charge in [-0.1, -0.05) is 5.16 Å². The van der Waals surface area contributed by atoms with E-state index >= 15 is 0 Å². The van der Waals surface area contributed by atoms with Crippen LogP contribution < -0.4 is 9.47 Å². The molecule has 8 heteroatoms. The summed E-state index contributed by atoms with van der Waals surface area (Å²) >= 11 is 0. The largest absolute Gasteiger partial charge is 0.497 e. The Morgan fingerprint density at radius 2 is 1.76 bits per heavy atom. The standard InChI is InChI=1S/C21H25N3O5/c1-14-4-9-18(20(22-14)29-17-7-5-16(27-2)6-8-17)19(23-26)24-12-10-15(11-13-24)21(25)28-3/h4-9,15,26H,10-13H2,1-3H3/b23-19-. The van der Waals surface area contributed by atoms with E-state index in [-0.39, 0.29) is 11.9 Å². The first-order valence-corrected chi connectivity index (χ1v) is 9.40. The Morgan fingerprint density at radius 1 is 1.10 bits per heavy atom. The molecule has 0 amide bonds. The lowest BCUT2D eigenvalue weighted by Crippen LogP contribution is -2.41. The number of likely N-dealkylation sites (tertiary alicyclic amines) is 1. The number of hydrogen-bond acceptors (Lipinski definition) is 7. The fraction of sp³-hybridized carbons (Fsp3) is 0.381. The highest BCUT2D eigenvalue weighted by Gasteiger charge is 2.29. The minimum Gasteiger partial charge on any atom is -0.497 e. The van der Waals surface area contributed by atoms with Crippen molar-refractivity contribution in [2.45, 2.75) is 19.8 Å². The normalized spacial score (nSPS) is 15.1. The number of carbonyl (C=O) groups excluding carboxylic acids is 1. The molecule has 1 aliphatic heterocycles. The van der Waals surface area contributed by atoms with Crippen LogP contribution in [0.3, 0.4) is 0 Å². The average molecular weight is 399 g/mol. The van der Waals surface area contributed by atoms with Crippen molar-refractivity contribution < 1.29 is 24.2 Å². The first kappa shape index (κ1) is 20.4. The third kappa shape index (κ3) is 4.77. The summed E-state index contributed by atoms with van der Waals surface area (Å²) in [6, 6.07) is 10.8. The van der Waals surface area contributed by atoms with E-state index in [4.69, 9.17) is 14.2 Å². The van der Waals surface area contributed by atoms with Crippen molar-refractivity contribution in [3.63, 3.8) is 0 Å². The Balaban J connectivity index is 1.82. The van der Waals surface area contributed by atoms with Gasteiger partial charge < -0.3 is 24.3 Å². The van der Waals surface area contributed by atoms with Crippen molar-refractivity contribution in [2.24, 2.45) is 11.1 Å². The van der Waals surface area contributed by atoms with Gasteiger partial charge in [0.2, 0.25) is 5.88 Å². The van der Waals surface area contributed by atoms with Crippen LogP contribution in [0, 0.1) is 12.8 Å². The van der Waals surface area contributed by atoms with Crippen LogP contribution in [0.4, 0.5) is 0 Å². The molecule has 154 valence electrons. The van der Waals surface area contributed by atoms with Gasteiger partial charge in [-0.25, -0.2) is 4.98 Å². The topological polar surface area (TPSA) is 93.5 Å². The van der Waals surface area contributed by atoms with Crippen molar-refractivity contribution in [1.82, 2.24) is 9.88 Å². The number of carbonyl (C=O) groups is 1. The zero-order chi connectivity index (χ0) is 20.8. The molecule has 3 rings (SSSR count). The number of benzene rings is 1. The summed E-state index contributed by atoms with van der Waals surface area (Å²) in [4.78, 5) is 18.2. The van der Waals surface area contributed by atoms with Gasteiger partial charge in [0.1, 0.15) is 11.5 Å². The van der Waals surface area contributed by atoms with Gasteiger partial charge in [0.25, 0.3) is 0 Å². The number of aromatic nitrogens is 1. The molecule has 8 nitrogen and oxygen atoms in total. The smallest absolute Gasteiger partial charge is 0.308 e. The second-order valence-electron chi connectivity index (χ2n) is 6.79. The molecule has 0 atom stereocenters. The highest BCUT2D eigenvalue weighted by atomic mass is 16.5. The number of amidine groups is 1. The van der Waals surface area contributed by atoms with Gasteiger partial charge in [-0.3, -0.25) is 4.79 Å². The molecule has 1 aliphatic rings. The zero-order valence-corrected chi connectivity index (χ0v) is 16.8. The fourth-order valence-corrected chi connectivity index (χ4v) is 3.32. The Morgan fingerprint density at radius 3 is 2.34 bits per heavy atom. The quantitative estimate of drug-likeness (QED) is 0.271. The van der Waals surface area contributed by atoms with Gasteiger partial charge in [0, 0.05) is 18.8 Å². The van der Waals surface area contributed by atoms with Crippen molar-refractivity contribution in [2.75, 3.05) is 27.3 Å². The molecular formula is C21H25N3O5. The van der Waals surface area contributed by atoms with Crippen molar-refractivity contribution >= 4 is 11.8 Å². The fourth-order valence-electron chi connectivity index (χ4n) is 3.32. The van der Waals surface area contributed by atoms with E-state index in [0.717, 1.165) is 11.4 Å². The Bertz CT molecular complexity index is 874. The maximum atomic E-state index is 11.8. The Labute approximate surface area is 169 Å². The van der Waals surface area contributed by atoms with E-state index < -0.39 is 0 Å². The summed E-state index contributed by atoms with van der Waals surface area (Å²) in [6.07, 6.45) is 1.25. The van der Waals surface area contributed by atoms with Gasteiger partial charge in [-0.2, -0.15) is 0 Å². The number of hydrogen-bond donors (Lipinski definition) is 1. The lowest BCUT2D eigenvalue weighted by Gasteiger charge is -2.32. The van der Waals surface area contributed by atoms with Crippen LogP contribution in [0.5, 0.6) is 17.4 Å². The van der Waals surface area contributed by atoms with Crippen LogP contribution in [0.15, 0.2) is 41.6 Å². The van der Waals surface area contributed by atoms with Crippen LogP contribution in [-0.4, -0.2) is 54.2 Å². The third-order valence-electron chi connectivity index (χ3n) is 4.94. The summed E-state index contributed by atoms with van der Waals surface area (Å²) in [7, 11) is 3.00. The molecule has 0 aliphatic carbocycles. The molecule has 1 saturated heterocycles. The van der Waals surface area contributed by atoms with Crippen molar-refractivity contribution in [3.05, 3.63) is 47.7 Å². The highest BCUT2D eigenvalue weighted by molar-refractivity contribution is 6.00. The monoisotopic (exact) mass is 399 g/mol. The molecule has 1 aromatic carbocycles.